The maximum atomic E-state index is 13.8. The highest BCUT2D eigenvalue weighted by Crippen LogP contribution is 2.28. The molecule has 2 N–H and O–H groups in total. The van der Waals surface area contributed by atoms with Gasteiger partial charge in [0.25, 0.3) is 5.91 Å². The number of benzene rings is 1. The third-order valence-electron chi connectivity index (χ3n) is 5.90. The van der Waals surface area contributed by atoms with Gasteiger partial charge < -0.3 is 24.4 Å². The molecule has 10 heteroatoms. The van der Waals surface area contributed by atoms with Crippen LogP contribution in [-0.2, 0) is 14.8 Å². The number of aliphatic hydroxyl groups excluding tert-OH is 1. The van der Waals surface area contributed by atoms with Crippen LogP contribution in [0.1, 0.15) is 50.4 Å². The van der Waals surface area contributed by atoms with Crippen molar-refractivity contribution in [3.8, 4) is 5.75 Å². The Balaban J connectivity index is 2.51. The number of hydrogen-bond donors (Lipinski definition) is 2. The highest BCUT2D eigenvalue weighted by Gasteiger charge is 2.30. The number of ether oxygens (including phenoxy) is 2. The minimum absolute atomic E-state index is 0.00362. The van der Waals surface area contributed by atoms with Crippen LogP contribution in [0, 0.1) is 5.92 Å². The number of anilines is 1. The highest BCUT2D eigenvalue weighted by atomic mass is 32.2. The monoisotopic (exact) mass is 499 g/mol. The molecule has 1 aromatic carbocycles. The van der Waals surface area contributed by atoms with E-state index in [4.69, 9.17) is 9.47 Å². The molecule has 1 heterocycles. The Labute approximate surface area is 204 Å². The van der Waals surface area contributed by atoms with Crippen molar-refractivity contribution in [3.05, 3.63) is 23.8 Å². The quantitative estimate of drug-likeness (QED) is 0.619. The van der Waals surface area contributed by atoms with Gasteiger partial charge in [-0.15, -0.1) is 0 Å². The summed E-state index contributed by atoms with van der Waals surface area (Å²) in [6.45, 7) is 7.31. The van der Waals surface area contributed by atoms with Crippen LogP contribution in [0.3, 0.4) is 0 Å². The molecule has 1 amide bonds. The van der Waals surface area contributed by atoms with Gasteiger partial charge in [-0.3, -0.25) is 9.52 Å². The van der Waals surface area contributed by atoms with Crippen LogP contribution in [0.4, 0.5) is 5.69 Å². The fourth-order valence-corrected chi connectivity index (χ4v) is 4.58. The number of nitrogens with zero attached hydrogens (tertiary/aromatic N) is 2. The predicted molar refractivity (Wildman–Crippen MR) is 134 cm³/mol. The maximum Gasteiger partial charge on any atom is 0.258 e. The first-order chi connectivity index (χ1) is 15.9. The summed E-state index contributed by atoms with van der Waals surface area (Å²) >= 11 is 0. The summed E-state index contributed by atoms with van der Waals surface area (Å²) in [4.78, 5) is 17.5. The minimum Gasteiger partial charge on any atom is -0.490 e. The van der Waals surface area contributed by atoms with Gasteiger partial charge in [0.15, 0.2) is 0 Å². The summed E-state index contributed by atoms with van der Waals surface area (Å²) in [6, 6.07) is 4.28. The van der Waals surface area contributed by atoms with Crippen molar-refractivity contribution in [3.63, 3.8) is 0 Å². The number of nitrogens with one attached hydrogen (secondary N) is 1. The first kappa shape index (κ1) is 28.4. The van der Waals surface area contributed by atoms with E-state index in [0.29, 0.717) is 18.9 Å². The van der Waals surface area contributed by atoms with Crippen molar-refractivity contribution in [2.75, 3.05) is 51.4 Å². The first-order valence-corrected chi connectivity index (χ1v) is 13.8. The molecular weight excluding hydrogens is 458 g/mol. The van der Waals surface area contributed by atoms with Crippen molar-refractivity contribution in [1.29, 1.82) is 0 Å². The fourth-order valence-electron chi connectivity index (χ4n) is 4.02. The third kappa shape index (κ3) is 8.72. The number of carbonyl (C=O) groups excluding carboxylic acids is 1. The molecule has 0 aromatic heterocycles. The molecule has 0 saturated carbocycles. The Bertz CT molecular complexity index is 908. The molecule has 0 aliphatic carbocycles. The summed E-state index contributed by atoms with van der Waals surface area (Å²) in [5.74, 6) is 0.0785. The van der Waals surface area contributed by atoms with E-state index in [9.17, 15) is 18.3 Å². The molecule has 0 saturated heterocycles. The van der Waals surface area contributed by atoms with Gasteiger partial charge in [-0.2, -0.15) is 0 Å². The van der Waals surface area contributed by atoms with Crippen molar-refractivity contribution < 1.29 is 27.8 Å². The van der Waals surface area contributed by atoms with Crippen molar-refractivity contribution >= 4 is 21.6 Å². The number of aliphatic hydroxyl groups is 1. The Kier molecular flexibility index (Phi) is 10.6. The molecule has 0 unspecified atom stereocenters. The summed E-state index contributed by atoms with van der Waals surface area (Å²) in [7, 11) is 0.465. The second-order valence-electron chi connectivity index (χ2n) is 9.65. The Morgan fingerprint density at radius 3 is 2.59 bits per heavy atom. The molecule has 0 bridgehead atoms. The van der Waals surface area contributed by atoms with Gasteiger partial charge in [0.1, 0.15) is 5.75 Å². The van der Waals surface area contributed by atoms with E-state index < -0.39 is 16.1 Å². The van der Waals surface area contributed by atoms with Gasteiger partial charge >= 0.3 is 0 Å². The average Bonchev–Trinajstić information content (AvgIpc) is 2.74. The molecule has 1 aliphatic heterocycles. The van der Waals surface area contributed by atoms with E-state index >= 15 is 0 Å². The van der Waals surface area contributed by atoms with Crippen LogP contribution in [0.2, 0.25) is 0 Å². The van der Waals surface area contributed by atoms with Gasteiger partial charge in [-0.25, -0.2) is 8.42 Å². The van der Waals surface area contributed by atoms with Gasteiger partial charge in [0.05, 0.1) is 36.7 Å². The summed E-state index contributed by atoms with van der Waals surface area (Å²) in [5.41, 5.74) is 0.542. The Morgan fingerprint density at radius 2 is 1.97 bits per heavy atom. The van der Waals surface area contributed by atoms with Crippen molar-refractivity contribution in [2.45, 2.75) is 58.3 Å². The zero-order valence-corrected chi connectivity index (χ0v) is 22.1. The van der Waals surface area contributed by atoms with Gasteiger partial charge in [0.2, 0.25) is 10.0 Å². The van der Waals surface area contributed by atoms with Crippen LogP contribution in [0.15, 0.2) is 18.2 Å². The van der Waals surface area contributed by atoms with Gasteiger partial charge in [0, 0.05) is 31.3 Å². The van der Waals surface area contributed by atoms with Crippen LogP contribution in [-0.4, -0.2) is 94.1 Å². The molecular formula is C24H41N3O6S. The number of sulfonamides is 1. The summed E-state index contributed by atoms with van der Waals surface area (Å²) in [5, 5.41) is 9.91. The van der Waals surface area contributed by atoms with E-state index in [1.165, 1.54) is 6.07 Å². The number of fused-ring (bicyclic) bond motifs is 1. The topological polar surface area (TPSA) is 108 Å². The average molecular weight is 500 g/mol. The van der Waals surface area contributed by atoms with Crippen LogP contribution in [0.25, 0.3) is 0 Å². The van der Waals surface area contributed by atoms with Crippen molar-refractivity contribution in [2.24, 2.45) is 5.92 Å². The Morgan fingerprint density at radius 1 is 1.26 bits per heavy atom. The summed E-state index contributed by atoms with van der Waals surface area (Å²) in [6.07, 6.45) is 3.48. The largest absolute Gasteiger partial charge is 0.490 e. The number of amides is 1. The lowest BCUT2D eigenvalue weighted by molar-refractivity contribution is -0.0137. The first-order valence-electron chi connectivity index (χ1n) is 11.9. The van der Waals surface area contributed by atoms with Crippen molar-refractivity contribution in [1.82, 2.24) is 9.80 Å². The van der Waals surface area contributed by atoms with E-state index in [0.717, 1.165) is 32.1 Å². The molecule has 9 nitrogen and oxygen atoms in total. The van der Waals surface area contributed by atoms with Gasteiger partial charge in [-0.1, -0.05) is 6.92 Å². The smallest absolute Gasteiger partial charge is 0.258 e. The number of likely N-dealkylation sites (N-methyl/N-ethyl adjacent to an activating group) is 1. The summed E-state index contributed by atoms with van der Waals surface area (Å²) < 4.78 is 38.3. The molecule has 0 spiro atoms. The fraction of sp³-hybridized carbons (Fsp3) is 0.708. The van der Waals surface area contributed by atoms with Gasteiger partial charge in [-0.05, 0) is 65.4 Å². The predicted octanol–water partition coefficient (Wildman–Crippen LogP) is 2.42. The van der Waals surface area contributed by atoms with Crippen LogP contribution in [0.5, 0.6) is 5.75 Å². The molecule has 1 aromatic rings. The number of carbonyl (C=O) groups is 1. The highest BCUT2D eigenvalue weighted by molar-refractivity contribution is 7.92. The second-order valence-corrected chi connectivity index (χ2v) is 11.4. The lowest BCUT2D eigenvalue weighted by Crippen LogP contribution is -2.47. The SMILES string of the molecule is C[C@@H]1CCCCO[C@@H](CN(C)C)[C@@H](C)CN([C@H](C)CO)C(=O)c2cc(NS(C)(=O)=O)ccc2O1. The Hall–Kier alpha value is -1.88. The zero-order chi connectivity index (χ0) is 25.5. The van der Waals surface area contributed by atoms with E-state index in [1.54, 1.807) is 24.0 Å². The normalized spacial score (nSPS) is 24.2. The van der Waals surface area contributed by atoms with Crippen LogP contribution < -0.4 is 9.46 Å². The second kappa shape index (κ2) is 12.7. The lowest BCUT2D eigenvalue weighted by atomic mass is 10.0. The zero-order valence-electron chi connectivity index (χ0n) is 21.3. The van der Waals surface area contributed by atoms with E-state index in [-0.39, 0.29) is 41.9 Å². The number of rotatable bonds is 6. The molecule has 4 atom stereocenters. The molecule has 1 aliphatic rings. The van der Waals surface area contributed by atoms with Crippen LogP contribution >= 0.6 is 0 Å². The maximum absolute atomic E-state index is 13.8. The lowest BCUT2D eigenvalue weighted by Gasteiger charge is -2.35. The third-order valence-corrected chi connectivity index (χ3v) is 6.51. The molecule has 0 radical (unpaired) electrons. The molecule has 0 fully saturated rings. The van der Waals surface area contributed by atoms with E-state index in [1.807, 2.05) is 27.9 Å². The molecule has 2 rings (SSSR count). The number of hydrogen-bond acceptors (Lipinski definition) is 7. The molecule has 194 valence electrons. The standard InChI is InChI=1S/C24H41N3O6S/c1-17-14-27(18(2)16-28)24(29)21-13-20(25-34(6,30)31)10-11-22(21)33-19(3)9-7-8-12-32-23(17)15-26(4)5/h10-11,13,17-19,23,25,28H,7-9,12,14-16H2,1-6H3/t17-,18+,19+,23-/m0/s1. The molecule has 34 heavy (non-hydrogen) atoms. The van der Waals surface area contributed by atoms with E-state index in [2.05, 4.69) is 9.62 Å². The minimum atomic E-state index is -3.52.